The minimum Gasteiger partial charge on any atom is -0.497 e. The zero-order valence-corrected chi connectivity index (χ0v) is 12.3. The molecule has 0 saturated heterocycles. The lowest BCUT2D eigenvalue weighted by Crippen LogP contribution is -2.25. The summed E-state index contributed by atoms with van der Waals surface area (Å²) in [7, 11) is -2.05. The summed E-state index contributed by atoms with van der Waals surface area (Å²) in [5, 5.41) is 8.72. The van der Waals surface area contributed by atoms with Gasteiger partial charge in [-0.2, -0.15) is 0 Å². The predicted molar refractivity (Wildman–Crippen MR) is 74.2 cm³/mol. The van der Waals surface area contributed by atoms with Crippen LogP contribution in [0.1, 0.15) is 19.8 Å². The van der Waals surface area contributed by atoms with Gasteiger partial charge in [0.15, 0.2) is 0 Å². The molecule has 7 heteroatoms. The van der Waals surface area contributed by atoms with Crippen molar-refractivity contribution in [2.24, 2.45) is 5.92 Å². The number of aliphatic carboxylic acids is 1. The second-order valence-electron chi connectivity index (χ2n) is 4.45. The average Bonchev–Trinajstić information content (AvgIpc) is 2.43. The number of rotatable bonds is 8. The highest BCUT2D eigenvalue weighted by Gasteiger charge is 2.14. The molecular weight excluding hydrogens is 282 g/mol. The van der Waals surface area contributed by atoms with Crippen LogP contribution in [0.5, 0.6) is 5.75 Å². The molecule has 0 amide bonds. The molecule has 0 heterocycles. The Bertz CT molecular complexity index is 538. The summed E-state index contributed by atoms with van der Waals surface area (Å²) in [4.78, 5) is 10.8. The normalized spacial score (nSPS) is 12.9. The SMILES string of the molecule is COc1ccc(S(=O)(=O)NCCCC(C)C(=O)O)cc1. The maximum absolute atomic E-state index is 11.9. The largest absolute Gasteiger partial charge is 0.497 e. The van der Waals surface area contributed by atoms with Gasteiger partial charge >= 0.3 is 5.97 Å². The zero-order valence-electron chi connectivity index (χ0n) is 11.5. The van der Waals surface area contributed by atoms with E-state index in [9.17, 15) is 13.2 Å². The third kappa shape index (κ3) is 4.82. The summed E-state index contributed by atoms with van der Waals surface area (Å²) in [5.41, 5.74) is 0. The van der Waals surface area contributed by atoms with Gasteiger partial charge < -0.3 is 9.84 Å². The van der Waals surface area contributed by atoms with Crippen molar-refractivity contribution in [1.29, 1.82) is 0 Å². The Labute approximate surface area is 118 Å². The minimum absolute atomic E-state index is 0.157. The van der Waals surface area contributed by atoms with E-state index in [-0.39, 0.29) is 11.4 Å². The summed E-state index contributed by atoms with van der Waals surface area (Å²) < 4.78 is 31.3. The van der Waals surface area contributed by atoms with Gasteiger partial charge in [0.2, 0.25) is 10.0 Å². The number of sulfonamides is 1. The van der Waals surface area contributed by atoms with Gasteiger partial charge in [-0.15, -0.1) is 0 Å². The Morgan fingerprint density at radius 3 is 2.45 bits per heavy atom. The predicted octanol–water partition coefficient (Wildman–Crippen LogP) is 1.47. The van der Waals surface area contributed by atoms with Gasteiger partial charge in [-0.3, -0.25) is 4.79 Å². The number of hydrogen-bond acceptors (Lipinski definition) is 4. The molecule has 0 radical (unpaired) electrons. The lowest BCUT2D eigenvalue weighted by atomic mass is 10.1. The van der Waals surface area contributed by atoms with Crippen LogP contribution in [0.25, 0.3) is 0 Å². The van der Waals surface area contributed by atoms with Crippen molar-refractivity contribution < 1.29 is 23.1 Å². The van der Waals surface area contributed by atoms with Crippen molar-refractivity contribution in [3.05, 3.63) is 24.3 Å². The van der Waals surface area contributed by atoms with Crippen LogP contribution in [0, 0.1) is 5.92 Å². The summed E-state index contributed by atoms with van der Waals surface area (Å²) >= 11 is 0. The third-order valence-electron chi connectivity index (χ3n) is 2.90. The smallest absolute Gasteiger partial charge is 0.306 e. The molecule has 0 aliphatic rings. The fourth-order valence-corrected chi connectivity index (χ4v) is 2.65. The van der Waals surface area contributed by atoms with Gasteiger partial charge in [0.05, 0.1) is 17.9 Å². The van der Waals surface area contributed by atoms with Crippen LogP contribution in [-0.4, -0.2) is 33.1 Å². The molecule has 112 valence electrons. The number of carbonyl (C=O) groups is 1. The fourth-order valence-electron chi connectivity index (χ4n) is 1.58. The van der Waals surface area contributed by atoms with Crippen LogP contribution in [0.15, 0.2) is 29.2 Å². The molecule has 20 heavy (non-hydrogen) atoms. The number of methoxy groups -OCH3 is 1. The Hall–Kier alpha value is -1.60. The fraction of sp³-hybridized carbons (Fsp3) is 0.462. The van der Waals surface area contributed by atoms with E-state index < -0.39 is 21.9 Å². The molecule has 0 spiro atoms. The Morgan fingerprint density at radius 2 is 1.95 bits per heavy atom. The Morgan fingerprint density at radius 1 is 1.35 bits per heavy atom. The van der Waals surface area contributed by atoms with Crippen molar-refractivity contribution >= 4 is 16.0 Å². The first kappa shape index (κ1) is 16.5. The maximum atomic E-state index is 11.9. The number of carboxylic acids is 1. The molecule has 0 aliphatic carbocycles. The van der Waals surface area contributed by atoms with E-state index in [2.05, 4.69) is 4.72 Å². The molecule has 0 aromatic heterocycles. The van der Waals surface area contributed by atoms with E-state index in [4.69, 9.17) is 9.84 Å². The summed E-state index contributed by atoms with van der Waals surface area (Å²) in [6, 6.07) is 6.06. The van der Waals surface area contributed by atoms with Crippen LogP contribution in [0.2, 0.25) is 0 Å². The first-order chi connectivity index (χ1) is 9.36. The number of nitrogens with one attached hydrogen (secondary N) is 1. The van der Waals surface area contributed by atoms with Crippen LogP contribution in [-0.2, 0) is 14.8 Å². The first-order valence-electron chi connectivity index (χ1n) is 6.23. The molecule has 1 aromatic rings. The Kier molecular flexibility index (Phi) is 5.97. The van der Waals surface area contributed by atoms with Crippen molar-refractivity contribution in [2.45, 2.75) is 24.7 Å². The van der Waals surface area contributed by atoms with Gasteiger partial charge in [-0.25, -0.2) is 13.1 Å². The number of carboxylic acid groups (broad SMARTS) is 1. The second-order valence-corrected chi connectivity index (χ2v) is 6.22. The number of hydrogen-bond donors (Lipinski definition) is 2. The molecule has 0 aliphatic heterocycles. The van der Waals surface area contributed by atoms with Gasteiger partial charge in [-0.1, -0.05) is 6.92 Å². The van der Waals surface area contributed by atoms with E-state index in [1.54, 1.807) is 19.1 Å². The highest BCUT2D eigenvalue weighted by atomic mass is 32.2. The van der Waals surface area contributed by atoms with Gasteiger partial charge in [-0.05, 0) is 37.1 Å². The molecule has 2 N–H and O–H groups in total. The lowest BCUT2D eigenvalue weighted by molar-refractivity contribution is -0.141. The maximum Gasteiger partial charge on any atom is 0.306 e. The van der Waals surface area contributed by atoms with Crippen molar-refractivity contribution in [3.63, 3.8) is 0 Å². The number of ether oxygens (including phenoxy) is 1. The molecule has 0 fully saturated rings. The number of benzene rings is 1. The molecular formula is C13H19NO5S. The van der Waals surface area contributed by atoms with Crippen LogP contribution in [0.4, 0.5) is 0 Å². The second kappa shape index (κ2) is 7.25. The van der Waals surface area contributed by atoms with E-state index in [0.717, 1.165) is 0 Å². The van der Waals surface area contributed by atoms with Crippen LogP contribution < -0.4 is 9.46 Å². The van der Waals surface area contributed by atoms with Crippen molar-refractivity contribution in [1.82, 2.24) is 4.72 Å². The first-order valence-corrected chi connectivity index (χ1v) is 7.71. The molecule has 0 bridgehead atoms. The van der Waals surface area contributed by atoms with E-state index in [1.807, 2.05) is 0 Å². The molecule has 6 nitrogen and oxygen atoms in total. The monoisotopic (exact) mass is 301 g/mol. The minimum atomic E-state index is -3.56. The average molecular weight is 301 g/mol. The Balaban J connectivity index is 2.51. The molecule has 1 unspecified atom stereocenters. The van der Waals surface area contributed by atoms with E-state index in [1.165, 1.54) is 19.2 Å². The van der Waals surface area contributed by atoms with Gasteiger partial charge in [0, 0.05) is 6.54 Å². The van der Waals surface area contributed by atoms with Gasteiger partial charge in [0.1, 0.15) is 5.75 Å². The highest BCUT2D eigenvalue weighted by molar-refractivity contribution is 7.89. The third-order valence-corrected chi connectivity index (χ3v) is 4.37. The zero-order chi connectivity index (χ0) is 15.2. The van der Waals surface area contributed by atoms with Crippen LogP contribution >= 0.6 is 0 Å². The molecule has 1 atom stereocenters. The van der Waals surface area contributed by atoms with E-state index in [0.29, 0.717) is 18.6 Å². The van der Waals surface area contributed by atoms with Crippen LogP contribution in [0.3, 0.4) is 0 Å². The van der Waals surface area contributed by atoms with E-state index >= 15 is 0 Å². The standard InChI is InChI=1S/C13H19NO5S/c1-10(13(15)16)4-3-9-14-20(17,18)12-7-5-11(19-2)6-8-12/h5-8,10,14H,3-4,9H2,1-2H3,(H,15,16). The molecule has 1 aromatic carbocycles. The van der Waals surface area contributed by atoms with Crippen molar-refractivity contribution in [2.75, 3.05) is 13.7 Å². The topological polar surface area (TPSA) is 92.7 Å². The summed E-state index contributed by atoms with van der Waals surface area (Å²) in [6.45, 7) is 1.81. The molecule has 0 saturated carbocycles. The summed E-state index contributed by atoms with van der Waals surface area (Å²) in [6.07, 6.45) is 0.906. The quantitative estimate of drug-likeness (QED) is 0.709. The highest BCUT2D eigenvalue weighted by Crippen LogP contribution is 2.15. The molecule has 1 rings (SSSR count). The lowest BCUT2D eigenvalue weighted by Gasteiger charge is -2.09. The summed E-state index contributed by atoms with van der Waals surface area (Å²) in [5.74, 6) is -0.761. The van der Waals surface area contributed by atoms with Crippen molar-refractivity contribution in [3.8, 4) is 5.75 Å². The van der Waals surface area contributed by atoms with Gasteiger partial charge in [0.25, 0.3) is 0 Å².